The zero-order valence-corrected chi connectivity index (χ0v) is 12.7. The molecule has 5 heteroatoms. The Kier molecular flexibility index (Phi) is 4.08. The van der Waals surface area contributed by atoms with E-state index >= 15 is 0 Å². The molecule has 0 bridgehead atoms. The van der Waals surface area contributed by atoms with Crippen molar-refractivity contribution >= 4 is 34.5 Å². The van der Waals surface area contributed by atoms with Gasteiger partial charge in [-0.3, -0.25) is 0 Å². The van der Waals surface area contributed by atoms with Gasteiger partial charge in [-0.1, -0.05) is 12.1 Å². The Bertz CT molecular complexity index is 672. The lowest BCUT2D eigenvalue weighted by molar-refractivity contribution is 0.0696. The number of aromatic carboxylic acids is 2. The summed E-state index contributed by atoms with van der Waals surface area (Å²) in [6.07, 6.45) is 0. The maximum Gasteiger partial charge on any atom is 0.336 e. The SMILES string of the molecule is Cc1cc(C(=O)O)c(-c2cccc(I)c2)c(C(=O)O)c1. The van der Waals surface area contributed by atoms with Crippen LogP contribution in [0.1, 0.15) is 26.3 Å². The summed E-state index contributed by atoms with van der Waals surface area (Å²) in [6.45, 7) is 1.68. The largest absolute Gasteiger partial charge is 0.478 e. The topological polar surface area (TPSA) is 74.6 Å². The third-order valence-electron chi connectivity index (χ3n) is 2.86. The Balaban J connectivity index is 2.84. The van der Waals surface area contributed by atoms with Gasteiger partial charge >= 0.3 is 11.9 Å². The van der Waals surface area contributed by atoms with Crippen LogP contribution in [0.3, 0.4) is 0 Å². The molecule has 2 rings (SSSR count). The minimum Gasteiger partial charge on any atom is -0.478 e. The molecule has 4 nitrogen and oxygen atoms in total. The molecule has 2 aromatic rings. The van der Waals surface area contributed by atoms with Crippen LogP contribution in [0.5, 0.6) is 0 Å². The standard InChI is InChI=1S/C15H11IO4/c1-8-5-11(14(17)18)13(12(6-8)15(19)20)9-3-2-4-10(16)7-9/h2-7H,1H3,(H,17,18)(H,19,20). The van der Waals surface area contributed by atoms with Crippen molar-refractivity contribution in [1.29, 1.82) is 0 Å². The minimum absolute atomic E-state index is 0.00407. The van der Waals surface area contributed by atoms with Gasteiger partial charge in [0.2, 0.25) is 0 Å². The first kappa shape index (κ1) is 14.5. The molecule has 0 radical (unpaired) electrons. The molecule has 0 fully saturated rings. The number of hydrogen-bond donors (Lipinski definition) is 2. The van der Waals surface area contributed by atoms with Gasteiger partial charge in [0, 0.05) is 9.13 Å². The molecular formula is C15H11IO4. The second kappa shape index (κ2) is 5.62. The first-order chi connectivity index (χ1) is 9.40. The van der Waals surface area contributed by atoms with E-state index in [0.717, 1.165) is 3.57 Å². The van der Waals surface area contributed by atoms with Crippen LogP contribution in [0.4, 0.5) is 0 Å². The van der Waals surface area contributed by atoms with E-state index in [9.17, 15) is 19.8 Å². The highest BCUT2D eigenvalue weighted by Gasteiger charge is 2.20. The van der Waals surface area contributed by atoms with E-state index < -0.39 is 11.9 Å². The van der Waals surface area contributed by atoms with Gasteiger partial charge in [-0.05, 0) is 64.9 Å². The van der Waals surface area contributed by atoms with Crippen LogP contribution in [0.25, 0.3) is 11.1 Å². The number of rotatable bonds is 3. The molecule has 0 saturated carbocycles. The van der Waals surface area contributed by atoms with E-state index in [2.05, 4.69) is 22.6 Å². The van der Waals surface area contributed by atoms with Crippen LogP contribution in [-0.4, -0.2) is 22.2 Å². The number of carboxylic acids is 2. The molecular weight excluding hydrogens is 371 g/mol. The predicted octanol–water partition coefficient (Wildman–Crippen LogP) is 3.66. The first-order valence-electron chi connectivity index (χ1n) is 5.77. The fourth-order valence-corrected chi connectivity index (χ4v) is 2.62. The van der Waals surface area contributed by atoms with Crippen LogP contribution in [0.2, 0.25) is 0 Å². The monoisotopic (exact) mass is 382 g/mol. The molecule has 0 aliphatic carbocycles. The lowest BCUT2D eigenvalue weighted by Gasteiger charge is -2.12. The quantitative estimate of drug-likeness (QED) is 0.795. The fraction of sp³-hybridized carbons (Fsp3) is 0.0667. The molecule has 0 atom stereocenters. The van der Waals surface area contributed by atoms with Crippen molar-refractivity contribution in [3.05, 3.63) is 56.7 Å². The molecule has 0 aliphatic rings. The van der Waals surface area contributed by atoms with Crippen LogP contribution >= 0.6 is 22.6 Å². The second-order valence-corrected chi connectivity index (χ2v) is 5.60. The predicted molar refractivity (Wildman–Crippen MR) is 83.3 cm³/mol. The molecule has 0 spiro atoms. The number of halogens is 1. The van der Waals surface area contributed by atoms with E-state index in [1.54, 1.807) is 25.1 Å². The number of carboxylic acid groups (broad SMARTS) is 2. The third-order valence-corrected chi connectivity index (χ3v) is 3.53. The molecule has 2 aromatic carbocycles. The lowest BCUT2D eigenvalue weighted by atomic mass is 9.92. The highest BCUT2D eigenvalue weighted by Crippen LogP contribution is 2.30. The van der Waals surface area contributed by atoms with E-state index in [0.29, 0.717) is 11.1 Å². The van der Waals surface area contributed by atoms with Crippen molar-refractivity contribution in [2.24, 2.45) is 0 Å². The Morgan fingerprint density at radius 2 is 1.55 bits per heavy atom. The summed E-state index contributed by atoms with van der Waals surface area (Å²) in [5.74, 6) is -2.27. The summed E-state index contributed by atoms with van der Waals surface area (Å²) in [5, 5.41) is 18.7. The second-order valence-electron chi connectivity index (χ2n) is 4.36. The Morgan fingerprint density at radius 1 is 1.00 bits per heavy atom. The average molecular weight is 382 g/mol. The molecule has 0 saturated heterocycles. The molecule has 0 aromatic heterocycles. The maximum absolute atomic E-state index is 11.4. The van der Waals surface area contributed by atoms with Gasteiger partial charge in [0.25, 0.3) is 0 Å². The molecule has 20 heavy (non-hydrogen) atoms. The number of benzene rings is 2. The summed E-state index contributed by atoms with van der Waals surface area (Å²) < 4.78 is 0.911. The van der Waals surface area contributed by atoms with E-state index in [-0.39, 0.29) is 16.7 Å². The summed E-state index contributed by atoms with van der Waals surface area (Å²) in [7, 11) is 0. The molecule has 2 N–H and O–H groups in total. The summed E-state index contributed by atoms with van der Waals surface area (Å²) in [4.78, 5) is 22.8. The van der Waals surface area contributed by atoms with Crippen molar-refractivity contribution in [1.82, 2.24) is 0 Å². The number of carbonyl (C=O) groups is 2. The van der Waals surface area contributed by atoms with Crippen LogP contribution in [0.15, 0.2) is 36.4 Å². The third kappa shape index (κ3) is 2.82. The van der Waals surface area contributed by atoms with Crippen molar-refractivity contribution in [2.75, 3.05) is 0 Å². The zero-order valence-electron chi connectivity index (χ0n) is 10.6. The number of hydrogen-bond acceptors (Lipinski definition) is 2. The molecule has 0 unspecified atom stereocenters. The van der Waals surface area contributed by atoms with Gasteiger partial charge in [-0.2, -0.15) is 0 Å². The van der Waals surface area contributed by atoms with Gasteiger partial charge in [-0.15, -0.1) is 0 Å². The Hall–Kier alpha value is -1.89. The molecule has 0 aliphatic heterocycles. The summed E-state index contributed by atoms with van der Waals surface area (Å²) in [6, 6.07) is 10.1. The maximum atomic E-state index is 11.4. The molecule has 0 amide bonds. The van der Waals surface area contributed by atoms with E-state index in [4.69, 9.17) is 0 Å². The van der Waals surface area contributed by atoms with Gasteiger partial charge in [0.05, 0.1) is 11.1 Å². The van der Waals surface area contributed by atoms with Gasteiger partial charge in [-0.25, -0.2) is 9.59 Å². The highest BCUT2D eigenvalue weighted by molar-refractivity contribution is 14.1. The van der Waals surface area contributed by atoms with Gasteiger partial charge < -0.3 is 10.2 Å². The van der Waals surface area contributed by atoms with E-state index in [1.807, 2.05) is 6.07 Å². The fourth-order valence-electron chi connectivity index (χ4n) is 2.08. The normalized spacial score (nSPS) is 10.3. The molecule has 0 heterocycles. The van der Waals surface area contributed by atoms with Crippen molar-refractivity contribution in [3.8, 4) is 11.1 Å². The smallest absolute Gasteiger partial charge is 0.336 e. The first-order valence-corrected chi connectivity index (χ1v) is 6.85. The Labute approximate surface area is 129 Å². The average Bonchev–Trinajstić information content (AvgIpc) is 2.37. The van der Waals surface area contributed by atoms with Crippen molar-refractivity contribution in [2.45, 2.75) is 6.92 Å². The van der Waals surface area contributed by atoms with Crippen molar-refractivity contribution < 1.29 is 19.8 Å². The van der Waals surface area contributed by atoms with Gasteiger partial charge in [0.15, 0.2) is 0 Å². The Morgan fingerprint density at radius 3 is 2.00 bits per heavy atom. The number of aryl methyl sites for hydroxylation is 1. The van der Waals surface area contributed by atoms with Crippen LogP contribution < -0.4 is 0 Å². The van der Waals surface area contributed by atoms with E-state index in [1.165, 1.54) is 12.1 Å². The van der Waals surface area contributed by atoms with Gasteiger partial charge in [0.1, 0.15) is 0 Å². The lowest BCUT2D eigenvalue weighted by Crippen LogP contribution is -2.08. The highest BCUT2D eigenvalue weighted by atomic mass is 127. The summed E-state index contributed by atoms with van der Waals surface area (Å²) in [5.41, 5.74) is 1.45. The van der Waals surface area contributed by atoms with Crippen LogP contribution in [0, 0.1) is 10.5 Å². The molecule has 102 valence electrons. The van der Waals surface area contributed by atoms with Crippen molar-refractivity contribution in [3.63, 3.8) is 0 Å². The summed E-state index contributed by atoms with van der Waals surface area (Å²) >= 11 is 2.10. The zero-order chi connectivity index (χ0) is 14.9. The van der Waals surface area contributed by atoms with Crippen LogP contribution in [-0.2, 0) is 0 Å². The minimum atomic E-state index is -1.13.